The number of rotatable bonds is 7. The highest BCUT2D eigenvalue weighted by molar-refractivity contribution is 5.80. The van der Waals surface area contributed by atoms with Gasteiger partial charge in [0.2, 0.25) is 0 Å². The van der Waals surface area contributed by atoms with E-state index in [0.717, 1.165) is 5.56 Å². The first-order valence-electron chi connectivity index (χ1n) is 10.3. The largest absolute Gasteiger partial charge is 0.493 e. The number of aliphatic imine (C=N–C) groups is 1. The Morgan fingerprint density at radius 3 is 2.23 bits per heavy atom. The van der Waals surface area contributed by atoms with Gasteiger partial charge in [-0.1, -0.05) is 6.07 Å². The molecule has 0 saturated carbocycles. The Bertz CT molecular complexity index is 734. The lowest BCUT2D eigenvalue weighted by molar-refractivity contribution is -0.181. The van der Waals surface area contributed by atoms with E-state index in [1.165, 1.54) is 11.8 Å². The van der Waals surface area contributed by atoms with Crippen LogP contribution < -0.4 is 14.8 Å². The van der Waals surface area contributed by atoms with Gasteiger partial charge in [-0.15, -0.1) is 0 Å². The van der Waals surface area contributed by atoms with Gasteiger partial charge in [-0.05, 0) is 38.7 Å². The minimum atomic E-state index is -4.21. The first-order chi connectivity index (χ1) is 14.6. The Balaban J connectivity index is 2.02. The number of ether oxygens (including phenoxy) is 2. The van der Waals surface area contributed by atoms with Crippen molar-refractivity contribution in [3.8, 4) is 11.5 Å². The SMILES string of the molecule is CN=C(NCC(c1ccc(OC)c(OC)c1)N(C)C)N1CCN(C(C)C(F)(F)F)CC1. The molecule has 0 aromatic heterocycles. The Morgan fingerprint density at radius 1 is 1.13 bits per heavy atom. The average Bonchev–Trinajstić information content (AvgIpc) is 2.75. The van der Waals surface area contributed by atoms with Crippen molar-refractivity contribution < 1.29 is 22.6 Å². The highest BCUT2D eigenvalue weighted by atomic mass is 19.4. The molecule has 1 fully saturated rings. The standard InChI is InChI=1S/C21H34F3N5O2/c1-15(21(22,23)24)28-9-11-29(12-10-28)20(25-2)26-14-17(27(3)4)16-7-8-18(30-5)19(13-16)31-6/h7-8,13,15,17H,9-12,14H2,1-6H3,(H,25,26). The Labute approximate surface area is 182 Å². The van der Waals surface area contributed by atoms with Gasteiger partial charge in [0.1, 0.15) is 6.04 Å². The summed E-state index contributed by atoms with van der Waals surface area (Å²) in [5.41, 5.74) is 1.05. The maximum Gasteiger partial charge on any atom is 0.403 e. The average molecular weight is 446 g/mol. The summed E-state index contributed by atoms with van der Waals surface area (Å²) in [7, 11) is 8.87. The molecule has 0 amide bonds. The van der Waals surface area contributed by atoms with E-state index >= 15 is 0 Å². The smallest absolute Gasteiger partial charge is 0.403 e. The lowest BCUT2D eigenvalue weighted by atomic mass is 10.1. The number of likely N-dealkylation sites (N-methyl/N-ethyl adjacent to an activating group) is 1. The van der Waals surface area contributed by atoms with Gasteiger partial charge in [0.05, 0.1) is 20.3 Å². The highest BCUT2D eigenvalue weighted by Gasteiger charge is 2.41. The molecule has 0 bridgehead atoms. The second-order valence-electron chi connectivity index (χ2n) is 7.76. The Kier molecular flexibility index (Phi) is 8.81. The summed E-state index contributed by atoms with van der Waals surface area (Å²) in [4.78, 5) is 9.90. The first kappa shape index (κ1) is 25.1. The summed E-state index contributed by atoms with van der Waals surface area (Å²) in [6.07, 6.45) is -4.21. The van der Waals surface area contributed by atoms with E-state index in [-0.39, 0.29) is 6.04 Å². The minimum absolute atomic E-state index is 0.0306. The van der Waals surface area contributed by atoms with Gasteiger partial charge in [-0.3, -0.25) is 9.89 Å². The molecule has 7 nitrogen and oxygen atoms in total. The van der Waals surface area contributed by atoms with E-state index in [9.17, 15) is 13.2 Å². The summed E-state index contributed by atoms with van der Waals surface area (Å²) >= 11 is 0. The van der Waals surface area contributed by atoms with E-state index in [0.29, 0.717) is 50.2 Å². The van der Waals surface area contributed by atoms with E-state index in [1.807, 2.05) is 37.2 Å². The molecule has 0 radical (unpaired) electrons. The van der Waals surface area contributed by atoms with Crippen LogP contribution in [0.5, 0.6) is 11.5 Å². The Morgan fingerprint density at radius 2 is 1.74 bits per heavy atom. The molecular formula is C21H34F3N5O2. The number of hydrogen-bond donors (Lipinski definition) is 1. The van der Waals surface area contributed by atoms with Crippen LogP contribution in [0.25, 0.3) is 0 Å². The van der Waals surface area contributed by atoms with Crippen LogP contribution in [-0.2, 0) is 0 Å². The molecule has 0 aliphatic carbocycles. The van der Waals surface area contributed by atoms with Crippen molar-refractivity contribution in [3.63, 3.8) is 0 Å². The fourth-order valence-corrected chi connectivity index (χ4v) is 3.71. The van der Waals surface area contributed by atoms with E-state index in [1.54, 1.807) is 21.3 Å². The predicted octanol–water partition coefficient (Wildman–Crippen LogP) is 2.45. The number of benzene rings is 1. The molecule has 1 aromatic rings. The zero-order chi connectivity index (χ0) is 23.2. The summed E-state index contributed by atoms with van der Waals surface area (Å²) in [5.74, 6) is 2.01. The molecule has 2 rings (SSSR count). The topological polar surface area (TPSA) is 52.6 Å². The highest BCUT2D eigenvalue weighted by Crippen LogP contribution is 2.31. The van der Waals surface area contributed by atoms with Crippen LogP contribution in [0, 0.1) is 0 Å². The number of guanidine groups is 1. The molecule has 2 atom stereocenters. The van der Waals surface area contributed by atoms with Crippen molar-refractivity contribution in [2.45, 2.75) is 25.2 Å². The zero-order valence-corrected chi connectivity index (χ0v) is 19.2. The van der Waals surface area contributed by atoms with Gasteiger partial charge >= 0.3 is 6.18 Å². The van der Waals surface area contributed by atoms with E-state index in [4.69, 9.17) is 9.47 Å². The van der Waals surface area contributed by atoms with Gasteiger partial charge in [-0.25, -0.2) is 0 Å². The quantitative estimate of drug-likeness (QED) is 0.514. The molecule has 1 aromatic carbocycles. The van der Waals surface area contributed by atoms with Gasteiger partial charge in [-0.2, -0.15) is 13.2 Å². The summed E-state index contributed by atoms with van der Waals surface area (Å²) in [6.45, 7) is 3.45. The lowest BCUT2D eigenvalue weighted by Crippen LogP contribution is -2.57. The van der Waals surface area contributed by atoms with Crippen LogP contribution >= 0.6 is 0 Å². The number of hydrogen-bond acceptors (Lipinski definition) is 5. The molecule has 10 heteroatoms. The molecule has 2 unspecified atom stereocenters. The number of nitrogens with one attached hydrogen (secondary N) is 1. The summed E-state index contributed by atoms with van der Waals surface area (Å²) in [6, 6.07) is 4.41. The first-order valence-corrected chi connectivity index (χ1v) is 10.3. The maximum absolute atomic E-state index is 13.0. The van der Waals surface area contributed by atoms with Crippen molar-refractivity contribution >= 4 is 5.96 Å². The minimum Gasteiger partial charge on any atom is -0.493 e. The number of nitrogens with zero attached hydrogens (tertiary/aromatic N) is 4. The molecule has 1 N–H and O–H groups in total. The molecule has 1 aliphatic rings. The molecular weight excluding hydrogens is 411 g/mol. The monoisotopic (exact) mass is 445 g/mol. The third-order valence-corrected chi connectivity index (χ3v) is 5.72. The van der Waals surface area contributed by atoms with Gasteiger partial charge < -0.3 is 24.6 Å². The third kappa shape index (κ3) is 6.39. The van der Waals surface area contributed by atoms with Crippen LogP contribution in [-0.4, -0.2) is 101 Å². The van der Waals surface area contributed by atoms with Crippen LogP contribution in [0.2, 0.25) is 0 Å². The molecule has 176 valence electrons. The summed E-state index contributed by atoms with van der Waals surface area (Å²) in [5, 5.41) is 3.38. The van der Waals surface area contributed by atoms with Gasteiger partial charge in [0.25, 0.3) is 0 Å². The predicted molar refractivity (Wildman–Crippen MR) is 116 cm³/mol. The van der Waals surface area contributed by atoms with Crippen LogP contribution in [0.4, 0.5) is 13.2 Å². The van der Waals surface area contributed by atoms with Crippen molar-refractivity contribution in [2.75, 3.05) is 68.1 Å². The van der Waals surface area contributed by atoms with E-state index < -0.39 is 12.2 Å². The van der Waals surface area contributed by atoms with E-state index in [2.05, 4.69) is 15.2 Å². The fourth-order valence-electron chi connectivity index (χ4n) is 3.71. The normalized spacial score (nSPS) is 18.1. The van der Waals surface area contributed by atoms with Crippen LogP contribution in [0.15, 0.2) is 23.2 Å². The summed E-state index contributed by atoms with van der Waals surface area (Å²) < 4.78 is 49.7. The number of alkyl halides is 3. The molecule has 1 heterocycles. The third-order valence-electron chi connectivity index (χ3n) is 5.72. The van der Waals surface area contributed by atoms with Crippen molar-refractivity contribution in [2.24, 2.45) is 4.99 Å². The van der Waals surface area contributed by atoms with Crippen molar-refractivity contribution in [1.82, 2.24) is 20.0 Å². The zero-order valence-electron chi connectivity index (χ0n) is 19.2. The lowest BCUT2D eigenvalue weighted by Gasteiger charge is -2.40. The molecule has 1 saturated heterocycles. The Hall–Kier alpha value is -2.20. The van der Waals surface area contributed by atoms with Gasteiger partial charge in [0, 0.05) is 39.8 Å². The second kappa shape index (κ2) is 10.9. The van der Waals surface area contributed by atoms with Crippen molar-refractivity contribution in [3.05, 3.63) is 23.8 Å². The molecule has 31 heavy (non-hydrogen) atoms. The number of methoxy groups -OCH3 is 2. The molecule has 0 spiro atoms. The fraction of sp³-hybridized carbons (Fsp3) is 0.667. The van der Waals surface area contributed by atoms with Crippen LogP contribution in [0.1, 0.15) is 18.5 Å². The second-order valence-corrected chi connectivity index (χ2v) is 7.76. The number of halogens is 3. The van der Waals surface area contributed by atoms with Crippen molar-refractivity contribution in [1.29, 1.82) is 0 Å². The molecule has 1 aliphatic heterocycles. The number of piperazine rings is 1. The maximum atomic E-state index is 13.0. The van der Waals surface area contributed by atoms with Gasteiger partial charge in [0.15, 0.2) is 17.5 Å². The van der Waals surface area contributed by atoms with Crippen LogP contribution in [0.3, 0.4) is 0 Å².